The van der Waals surface area contributed by atoms with Crippen LogP contribution in [0.4, 0.5) is 5.69 Å². The van der Waals surface area contributed by atoms with Crippen LogP contribution in [-0.4, -0.2) is 37.4 Å². The second-order valence-electron chi connectivity index (χ2n) is 5.93. The Morgan fingerprint density at radius 2 is 1.76 bits per heavy atom. The maximum absolute atomic E-state index is 13.0. The topological polar surface area (TPSA) is 61.4 Å². The summed E-state index contributed by atoms with van der Waals surface area (Å²) in [5, 5.41) is 5.60. The molecule has 5 heteroatoms. The van der Waals surface area contributed by atoms with Gasteiger partial charge in [-0.25, -0.2) is 0 Å². The first-order chi connectivity index (χ1) is 12.0. The molecule has 0 fully saturated rings. The molecule has 2 rings (SSSR count). The van der Waals surface area contributed by atoms with Crippen molar-refractivity contribution in [3.05, 3.63) is 65.2 Å². The number of likely N-dealkylation sites (N-methyl/N-ethyl adjacent to an activating group) is 1. The highest BCUT2D eigenvalue weighted by atomic mass is 16.2. The lowest BCUT2D eigenvalue weighted by atomic mass is 10.0. The fourth-order valence-corrected chi connectivity index (χ4v) is 2.78. The van der Waals surface area contributed by atoms with Gasteiger partial charge in [-0.15, -0.1) is 0 Å². The predicted octanol–water partition coefficient (Wildman–Crippen LogP) is 2.99. The van der Waals surface area contributed by atoms with Gasteiger partial charge in [0.15, 0.2) is 0 Å². The predicted molar refractivity (Wildman–Crippen MR) is 101 cm³/mol. The van der Waals surface area contributed by atoms with E-state index in [1.807, 2.05) is 62.2 Å². The van der Waals surface area contributed by atoms with Crippen LogP contribution in [0.3, 0.4) is 0 Å². The molecule has 2 aromatic carbocycles. The lowest BCUT2D eigenvalue weighted by Crippen LogP contribution is -2.34. The molecule has 0 saturated carbocycles. The summed E-state index contributed by atoms with van der Waals surface area (Å²) in [5.74, 6) is -0.286. The molecule has 2 amide bonds. The number of nitrogens with one attached hydrogen (secondary N) is 2. The maximum atomic E-state index is 13.0. The van der Waals surface area contributed by atoms with Crippen molar-refractivity contribution >= 4 is 17.5 Å². The van der Waals surface area contributed by atoms with E-state index in [-0.39, 0.29) is 11.8 Å². The Labute approximate surface area is 149 Å². The number of carbonyl (C=O) groups excluding carboxylic acids is 2. The van der Waals surface area contributed by atoms with Gasteiger partial charge in [0.1, 0.15) is 6.04 Å². The molecule has 25 heavy (non-hydrogen) atoms. The third-order valence-corrected chi connectivity index (χ3v) is 4.37. The smallest absolute Gasteiger partial charge is 0.251 e. The van der Waals surface area contributed by atoms with E-state index in [2.05, 4.69) is 10.6 Å². The number of amides is 2. The van der Waals surface area contributed by atoms with Crippen LogP contribution < -0.4 is 10.6 Å². The zero-order valence-corrected chi connectivity index (χ0v) is 15.2. The second kappa shape index (κ2) is 8.44. The Bertz CT molecular complexity index is 744. The molecule has 1 unspecified atom stereocenters. The van der Waals surface area contributed by atoms with Crippen LogP contribution in [0.2, 0.25) is 0 Å². The van der Waals surface area contributed by atoms with Gasteiger partial charge < -0.3 is 10.6 Å². The van der Waals surface area contributed by atoms with E-state index >= 15 is 0 Å². The summed E-state index contributed by atoms with van der Waals surface area (Å²) in [4.78, 5) is 26.9. The molecule has 0 spiro atoms. The van der Waals surface area contributed by atoms with Crippen molar-refractivity contribution in [2.45, 2.75) is 19.9 Å². The molecular weight excluding hydrogens is 314 g/mol. The molecule has 5 nitrogen and oxygen atoms in total. The van der Waals surface area contributed by atoms with E-state index < -0.39 is 6.04 Å². The third-order valence-electron chi connectivity index (χ3n) is 4.37. The van der Waals surface area contributed by atoms with Crippen molar-refractivity contribution in [2.24, 2.45) is 0 Å². The highest BCUT2D eigenvalue weighted by molar-refractivity contribution is 6.00. The van der Waals surface area contributed by atoms with E-state index in [4.69, 9.17) is 0 Å². The largest absolute Gasteiger partial charge is 0.355 e. The van der Waals surface area contributed by atoms with Crippen molar-refractivity contribution in [2.75, 3.05) is 26.0 Å². The zero-order chi connectivity index (χ0) is 18.4. The summed E-state index contributed by atoms with van der Waals surface area (Å²) in [5.41, 5.74) is 2.89. The van der Waals surface area contributed by atoms with Gasteiger partial charge in [-0.3, -0.25) is 14.5 Å². The summed E-state index contributed by atoms with van der Waals surface area (Å²) >= 11 is 0. The molecule has 0 aliphatic rings. The molecule has 1 atom stereocenters. The zero-order valence-electron chi connectivity index (χ0n) is 15.2. The first-order valence-corrected chi connectivity index (χ1v) is 8.37. The number of benzene rings is 2. The van der Waals surface area contributed by atoms with Gasteiger partial charge in [0.25, 0.3) is 5.91 Å². The summed E-state index contributed by atoms with van der Waals surface area (Å²) < 4.78 is 0. The highest BCUT2D eigenvalue weighted by Gasteiger charge is 2.25. The van der Waals surface area contributed by atoms with Crippen LogP contribution >= 0.6 is 0 Å². The van der Waals surface area contributed by atoms with Gasteiger partial charge >= 0.3 is 0 Å². The standard InChI is InChI=1S/C20H25N3O2/c1-5-23(4)18(15-10-7-6-8-11-15)20(25)22-17-13-9-12-16(14(17)2)19(24)21-3/h6-13,18H,5H2,1-4H3,(H,21,24)(H,22,25). The normalized spacial score (nSPS) is 11.9. The Balaban J connectivity index is 2.32. The Morgan fingerprint density at radius 1 is 1.08 bits per heavy atom. The molecule has 2 aromatic rings. The van der Waals surface area contributed by atoms with Crippen LogP contribution in [0, 0.1) is 6.92 Å². The Morgan fingerprint density at radius 3 is 2.36 bits per heavy atom. The number of nitrogens with zero attached hydrogens (tertiary/aromatic N) is 1. The van der Waals surface area contributed by atoms with E-state index in [1.165, 1.54) is 0 Å². The van der Waals surface area contributed by atoms with E-state index in [0.717, 1.165) is 17.7 Å². The van der Waals surface area contributed by atoms with Crippen LogP contribution in [0.25, 0.3) is 0 Å². The van der Waals surface area contributed by atoms with Crippen LogP contribution in [0.15, 0.2) is 48.5 Å². The van der Waals surface area contributed by atoms with Gasteiger partial charge in [-0.05, 0) is 43.8 Å². The minimum Gasteiger partial charge on any atom is -0.355 e. The van der Waals surface area contributed by atoms with E-state index in [9.17, 15) is 9.59 Å². The monoisotopic (exact) mass is 339 g/mol. The second-order valence-corrected chi connectivity index (χ2v) is 5.93. The van der Waals surface area contributed by atoms with Crippen LogP contribution in [-0.2, 0) is 4.79 Å². The van der Waals surface area contributed by atoms with E-state index in [0.29, 0.717) is 11.3 Å². The molecule has 132 valence electrons. The third kappa shape index (κ3) is 4.25. The first-order valence-electron chi connectivity index (χ1n) is 8.37. The van der Waals surface area contributed by atoms with Gasteiger partial charge in [-0.1, -0.05) is 43.3 Å². The van der Waals surface area contributed by atoms with Crippen molar-refractivity contribution in [1.29, 1.82) is 0 Å². The van der Waals surface area contributed by atoms with E-state index in [1.54, 1.807) is 19.2 Å². The maximum Gasteiger partial charge on any atom is 0.251 e. The number of anilines is 1. The SMILES string of the molecule is CCN(C)C(C(=O)Nc1cccc(C(=O)NC)c1C)c1ccccc1. The first kappa shape index (κ1) is 18.7. The van der Waals surface area contributed by atoms with Crippen molar-refractivity contribution in [1.82, 2.24) is 10.2 Å². The molecule has 0 bridgehead atoms. The summed E-state index contributed by atoms with van der Waals surface area (Å²) in [7, 11) is 3.51. The van der Waals surface area contributed by atoms with Crippen molar-refractivity contribution in [3.63, 3.8) is 0 Å². The molecule has 0 radical (unpaired) electrons. The van der Waals surface area contributed by atoms with Crippen molar-refractivity contribution < 1.29 is 9.59 Å². The quantitative estimate of drug-likeness (QED) is 0.850. The van der Waals surface area contributed by atoms with Crippen LogP contribution in [0.5, 0.6) is 0 Å². The highest BCUT2D eigenvalue weighted by Crippen LogP contribution is 2.24. The molecule has 0 aromatic heterocycles. The molecule has 2 N–H and O–H groups in total. The fraction of sp³-hybridized carbons (Fsp3) is 0.300. The molecule has 0 saturated heterocycles. The Kier molecular flexibility index (Phi) is 6.31. The minimum atomic E-state index is -0.394. The van der Waals surface area contributed by atoms with Crippen LogP contribution in [0.1, 0.15) is 34.5 Å². The lowest BCUT2D eigenvalue weighted by Gasteiger charge is -2.26. The number of hydrogen-bond donors (Lipinski definition) is 2. The van der Waals surface area contributed by atoms with Gasteiger partial charge in [0, 0.05) is 18.3 Å². The van der Waals surface area contributed by atoms with Gasteiger partial charge in [-0.2, -0.15) is 0 Å². The fourth-order valence-electron chi connectivity index (χ4n) is 2.78. The summed E-state index contributed by atoms with van der Waals surface area (Å²) in [6.45, 7) is 4.59. The Hall–Kier alpha value is -2.66. The molecular formula is C20H25N3O2. The average molecular weight is 339 g/mol. The summed E-state index contributed by atoms with van der Waals surface area (Å²) in [6.07, 6.45) is 0. The lowest BCUT2D eigenvalue weighted by molar-refractivity contribution is -0.121. The van der Waals surface area contributed by atoms with Gasteiger partial charge in [0.05, 0.1) is 0 Å². The molecule has 0 aliphatic carbocycles. The number of rotatable bonds is 6. The number of hydrogen-bond acceptors (Lipinski definition) is 3. The van der Waals surface area contributed by atoms with Crippen molar-refractivity contribution in [3.8, 4) is 0 Å². The molecule has 0 heterocycles. The summed E-state index contributed by atoms with van der Waals surface area (Å²) in [6, 6.07) is 14.6. The molecule has 0 aliphatic heterocycles. The average Bonchev–Trinajstić information content (AvgIpc) is 2.63. The van der Waals surface area contributed by atoms with Gasteiger partial charge in [0.2, 0.25) is 5.91 Å². The number of carbonyl (C=O) groups is 2. The minimum absolute atomic E-state index is 0.118.